The smallest absolute Gasteiger partial charge is 0.176 e. The number of hydrogen-bond donors (Lipinski definition) is 4. The van der Waals surface area contributed by atoms with Crippen molar-refractivity contribution in [3.63, 3.8) is 0 Å². The van der Waals surface area contributed by atoms with Crippen LogP contribution in [0.15, 0.2) is 23.8 Å². The maximum absolute atomic E-state index is 10.4. The fraction of sp³-hybridized carbons (Fsp3) is 0.886. The van der Waals surface area contributed by atoms with Gasteiger partial charge in [0.1, 0.15) is 18.3 Å². The fourth-order valence-electron chi connectivity index (χ4n) is 10.3. The van der Waals surface area contributed by atoms with Crippen LogP contribution >= 0.6 is 0 Å². The topological polar surface area (TPSA) is 105 Å². The van der Waals surface area contributed by atoms with E-state index >= 15 is 0 Å². The van der Waals surface area contributed by atoms with Crippen molar-refractivity contribution < 1.29 is 24.8 Å². The van der Waals surface area contributed by atoms with Crippen LogP contribution in [0.2, 0.25) is 0 Å². The lowest BCUT2D eigenvalue weighted by molar-refractivity contribution is -0.280. The molecule has 5 rings (SSSR count). The van der Waals surface area contributed by atoms with Crippen LogP contribution in [0.25, 0.3) is 0 Å². The fourth-order valence-corrected chi connectivity index (χ4v) is 10.3. The Morgan fingerprint density at radius 3 is 2.49 bits per heavy atom. The van der Waals surface area contributed by atoms with Crippen molar-refractivity contribution in [3.05, 3.63) is 23.8 Å². The summed E-state index contributed by atoms with van der Waals surface area (Å²) >= 11 is 0. The second-order valence-corrected chi connectivity index (χ2v) is 15.3. The van der Waals surface area contributed by atoms with Crippen LogP contribution in [0.4, 0.5) is 0 Å². The molecule has 234 valence electrons. The number of aliphatic hydroxyl groups is 3. The lowest BCUT2D eigenvalue weighted by atomic mass is 9.47. The van der Waals surface area contributed by atoms with E-state index in [0.717, 1.165) is 42.9 Å². The normalized spacial score (nSPS) is 47.9. The van der Waals surface area contributed by atoms with Gasteiger partial charge in [-0.3, -0.25) is 0 Å². The highest BCUT2D eigenvalue weighted by Gasteiger charge is 2.59. The van der Waals surface area contributed by atoms with Crippen molar-refractivity contribution in [2.45, 2.75) is 136 Å². The average Bonchev–Trinajstić information content (AvgIpc) is 3.30. The SMILES string of the molecule is CC[C@H](/C=C/[C@@H](C)[C@H]1CC[C@H]2[C@@H]3CC=C4C[C@@H](OC5O[C@H](CO)C(O)[C@H](O)[C@H]5N)CC[C@]4(C)[C@H]3CC[C@]12C)C(C)C. The second kappa shape index (κ2) is 12.3. The van der Waals surface area contributed by atoms with E-state index in [1.165, 1.54) is 44.1 Å². The van der Waals surface area contributed by atoms with Crippen LogP contribution in [-0.2, 0) is 9.47 Å². The van der Waals surface area contributed by atoms with Crippen LogP contribution < -0.4 is 5.73 Å². The largest absolute Gasteiger partial charge is 0.394 e. The van der Waals surface area contributed by atoms with Crippen molar-refractivity contribution in [2.75, 3.05) is 6.61 Å². The quantitative estimate of drug-likeness (QED) is 0.282. The molecule has 4 fully saturated rings. The van der Waals surface area contributed by atoms with Gasteiger partial charge in [-0.1, -0.05) is 65.3 Å². The lowest BCUT2D eigenvalue weighted by Gasteiger charge is -2.58. The van der Waals surface area contributed by atoms with Gasteiger partial charge in [-0.15, -0.1) is 0 Å². The molecule has 6 heteroatoms. The minimum atomic E-state index is -1.21. The molecule has 0 aromatic rings. The van der Waals surface area contributed by atoms with Gasteiger partial charge in [0, 0.05) is 0 Å². The van der Waals surface area contributed by atoms with E-state index in [9.17, 15) is 15.3 Å². The number of rotatable bonds is 8. The van der Waals surface area contributed by atoms with Gasteiger partial charge >= 0.3 is 0 Å². The summed E-state index contributed by atoms with van der Waals surface area (Å²) in [5.41, 5.74) is 8.37. The highest BCUT2D eigenvalue weighted by molar-refractivity contribution is 5.25. The van der Waals surface area contributed by atoms with Gasteiger partial charge in [0.05, 0.1) is 18.8 Å². The Bertz CT molecular complexity index is 964. The third-order valence-electron chi connectivity index (χ3n) is 13.0. The summed E-state index contributed by atoms with van der Waals surface area (Å²) in [6.45, 7) is 14.3. The average molecular weight is 574 g/mol. The standard InChI is InChI=1S/C35H59NO5/c1-7-22(20(2)3)9-8-21(4)26-12-13-27-25-11-10-23-18-24(14-16-34(23,5)28(25)15-17-35(26,27)6)40-33-30(36)32(39)31(38)29(19-37)41-33/h8-10,20-22,24-33,37-39H,7,11-19,36H2,1-6H3/b9-8+/t21-,22-,24+,25+,26-,27+,28+,29-,30-,31?,32-,33?,34+,35-/m1/s1. The van der Waals surface area contributed by atoms with Crippen molar-refractivity contribution in [2.24, 2.45) is 58.0 Å². The molecule has 1 aliphatic heterocycles. The Balaban J connectivity index is 1.26. The summed E-state index contributed by atoms with van der Waals surface area (Å²) < 4.78 is 12.1. The molecule has 41 heavy (non-hydrogen) atoms. The number of aliphatic hydroxyl groups excluding tert-OH is 3. The molecular formula is C35H59NO5. The Morgan fingerprint density at radius 1 is 1.05 bits per heavy atom. The first-order valence-corrected chi connectivity index (χ1v) is 16.9. The maximum atomic E-state index is 10.4. The predicted molar refractivity (Wildman–Crippen MR) is 163 cm³/mol. The van der Waals surface area contributed by atoms with Gasteiger partial charge in [-0.05, 0) is 110 Å². The highest BCUT2D eigenvalue weighted by Crippen LogP contribution is 2.67. The monoisotopic (exact) mass is 573 g/mol. The molecular weight excluding hydrogens is 514 g/mol. The molecule has 0 aromatic carbocycles. The second-order valence-electron chi connectivity index (χ2n) is 15.3. The van der Waals surface area contributed by atoms with Gasteiger partial charge in [0.15, 0.2) is 6.29 Å². The third-order valence-corrected chi connectivity index (χ3v) is 13.0. The van der Waals surface area contributed by atoms with Crippen LogP contribution in [-0.4, -0.2) is 58.7 Å². The lowest BCUT2D eigenvalue weighted by Crippen LogP contribution is -2.63. The highest BCUT2D eigenvalue weighted by atomic mass is 16.7. The first kappa shape index (κ1) is 31.7. The maximum Gasteiger partial charge on any atom is 0.176 e. The molecule has 0 bridgehead atoms. The minimum Gasteiger partial charge on any atom is -0.394 e. The zero-order valence-electron chi connectivity index (χ0n) is 26.5. The summed E-state index contributed by atoms with van der Waals surface area (Å²) in [5.74, 6) is 5.15. The van der Waals surface area contributed by atoms with E-state index in [2.05, 4.69) is 59.8 Å². The molecule has 0 aromatic heterocycles. The number of hydrogen-bond acceptors (Lipinski definition) is 6. The van der Waals surface area contributed by atoms with Crippen molar-refractivity contribution >= 4 is 0 Å². The van der Waals surface area contributed by atoms with Crippen molar-refractivity contribution in [1.82, 2.24) is 0 Å². The van der Waals surface area contributed by atoms with E-state index in [0.29, 0.717) is 23.2 Å². The first-order chi connectivity index (χ1) is 19.4. The molecule has 1 heterocycles. The molecule has 1 saturated heterocycles. The van der Waals surface area contributed by atoms with Crippen LogP contribution in [0.1, 0.15) is 99.3 Å². The summed E-state index contributed by atoms with van der Waals surface area (Å²) in [4.78, 5) is 0. The van der Waals surface area contributed by atoms with Crippen LogP contribution in [0.3, 0.4) is 0 Å². The molecule has 2 unspecified atom stereocenters. The zero-order valence-corrected chi connectivity index (χ0v) is 26.5. The Morgan fingerprint density at radius 2 is 1.80 bits per heavy atom. The molecule has 0 radical (unpaired) electrons. The number of nitrogens with two attached hydrogens (primary N) is 1. The van der Waals surface area contributed by atoms with Gasteiger partial charge in [-0.2, -0.15) is 0 Å². The number of fused-ring (bicyclic) bond motifs is 5. The van der Waals surface area contributed by atoms with E-state index in [-0.39, 0.29) is 18.1 Å². The summed E-state index contributed by atoms with van der Waals surface area (Å²) in [6.07, 6.45) is 14.3. The zero-order chi connectivity index (χ0) is 29.7. The van der Waals surface area contributed by atoms with E-state index < -0.39 is 30.6 Å². The van der Waals surface area contributed by atoms with Crippen LogP contribution in [0.5, 0.6) is 0 Å². The van der Waals surface area contributed by atoms with Crippen molar-refractivity contribution in [3.8, 4) is 0 Å². The van der Waals surface area contributed by atoms with Gasteiger partial charge in [0.25, 0.3) is 0 Å². The van der Waals surface area contributed by atoms with Gasteiger partial charge < -0.3 is 30.5 Å². The number of ether oxygens (including phenoxy) is 2. The van der Waals surface area contributed by atoms with Gasteiger partial charge in [-0.25, -0.2) is 0 Å². The van der Waals surface area contributed by atoms with Crippen LogP contribution in [0, 0.1) is 52.3 Å². The molecule has 3 saturated carbocycles. The summed E-state index contributed by atoms with van der Waals surface area (Å²) in [5, 5.41) is 30.1. The summed E-state index contributed by atoms with van der Waals surface area (Å²) in [6, 6.07) is -0.840. The minimum absolute atomic E-state index is 0.0288. The van der Waals surface area contributed by atoms with E-state index in [4.69, 9.17) is 15.2 Å². The third kappa shape index (κ3) is 5.64. The Kier molecular flexibility index (Phi) is 9.51. The van der Waals surface area contributed by atoms with Gasteiger partial charge in [0.2, 0.25) is 0 Å². The molecule has 5 N–H and O–H groups in total. The Labute approximate surface area is 249 Å². The molecule has 4 aliphatic carbocycles. The van der Waals surface area contributed by atoms with E-state index in [1.54, 1.807) is 0 Å². The molecule has 0 spiro atoms. The number of allylic oxidation sites excluding steroid dienone is 3. The Hall–Kier alpha value is -0.760. The first-order valence-electron chi connectivity index (χ1n) is 16.9. The predicted octanol–water partition coefficient (Wildman–Crippen LogP) is 5.59. The van der Waals surface area contributed by atoms with Crippen molar-refractivity contribution in [1.29, 1.82) is 0 Å². The van der Waals surface area contributed by atoms with E-state index in [1.807, 2.05) is 0 Å². The molecule has 5 aliphatic rings. The molecule has 6 nitrogen and oxygen atoms in total. The molecule has 0 amide bonds. The molecule has 14 atom stereocenters. The summed E-state index contributed by atoms with van der Waals surface area (Å²) in [7, 11) is 0.